The van der Waals surface area contributed by atoms with E-state index in [9.17, 15) is 10.2 Å². The van der Waals surface area contributed by atoms with Gasteiger partial charge in [0, 0.05) is 24.3 Å². The van der Waals surface area contributed by atoms with Gasteiger partial charge in [0.05, 0.1) is 27.6 Å². The Hall–Kier alpha value is -3.07. The lowest BCUT2D eigenvalue weighted by Crippen LogP contribution is -2.19. The lowest BCUT2D eigenvalue weighted by Gasteiger charge is -2.18. The van der Waals surface area contributed by atoms with Crippen molar-refractivity contribution in [2.45, 2.75) is 31.9 Å². The van der Waals surface area contributed by atoms with E-state index in [0.717, 1.165) is 32.2 Å². The van der Waals surface area contributed by atoms with E-state index in [1.807, 2.05) is 55.5 Å². The summed E-state index contributed by atoms with van der Waals surface area (Å²) in [4.78, 5) is 14.3. The van der Waals surface area contributed by atoms with Crippen LogP contribution in [-0.2, 0) is 0 Å². The SMILES string of the molecule is Cc1nc(Nc2ccccc2)nc(N[C@@H]2C[C@H](CO)[C@@H](O)C2)c1-c1nc2ccccc2s1. The van der Waals surface area contributed by atoms with Crippen LogP contribution in [0.25, 0.3) is 20.8 Å². The maximum absolute atomic E-state index is 10.3. The Balaban J connectivity index is 1.55. The first-order valence-electron chi connectivity index (χ1n) is 10.7. The molecule has 8 heteroatoms. The van der Waals surface area contributed by atoms with Crippen molar-refractivity contribution in [3.05, 3.63) is 60.3 Å². The van der Waals surface area contributed by atoms with Gasteiger partial charge in [-0.3, -0.25) is 0 Å². The van der Waals surface area contributed by atoms with Gasteiger partial charge in [-0.1, -0.05) is 30.3 Å². The van der Waals surface area contributed by atoms with Gasteiger partial charge in [0.15, 0.2) is 0 Å². The summed E-state index contributed by atoms with van der Waals surface area (Å²) < 4.78 is 1.11. The summed E-state index contributed by atoms with van der Waals surface area (Å²) in [5, 5.41) is 27.5. The quantitative estimate of drug-likeness (QED) is 0.348. The second-order valence-corrected chi connectivity index (χ2v) is 9.19. The molecular formula is C24H25N5O2S. The van der Waals surface area contributed by atoms with Crippen molar-refractivity contribution in [2.24, 2.45) is 5.92 Å². The number of aliphatic hydroxyl groups excluding tert-OH is 2. The van der Waals surface area contributed by atoms with Gasteiger partial charge in [-0.25, -0.2) is 9.97 Å². The number of nitrogens with zero attached hydrogens (tertiary/aromatic N) is 3. The van der Waals surface area contributed by atoms with Gasteiger partial charge >= 0.3 is 0 Å². The molecule has 0 spiro atoms. The maximum atomic E-state index is 10.3. The van der Waals surface area contributed by atoms with Crippen molar-refractivity contribution < 1.29 is 10.2 Å². The number of aryl methyl sites for hydroxylation is 1. The molecule has 1 aliphatic rings. The smallest absolute Gasteiger partial charge is 0.229 e. The Morgan fingerprint density at radius 3 is 2.53 bits per heavy atom. The van der Waals surface area contributed by atoms with Crippen LogP contribution in [0.5, 0.6) is 0 Å². The topological polar surface area (TPSA) is 103 Å². The molecule has 4 N–H and O–H groups in total. The number of fused-ring (bicyclic) bond motifs is 1. The van der Waals surface area contributed by atoms with E-state index < -0.39 is 6.10 Å². The standard InChI is InChI=1S/C24H25N5O2S/c1-14-21(23-28-18-9-5-6-10-20(18)32-23)22(26-17-11-15(13-30)19(31)12-17)29-24(25-14)27-16-7-3-2-4-8-16/h2-10,15,17,19,30-31H,11-13H2,1H3,(H2,25,26,27,29)/t15-,17-,19+/m1/s1. The number of aromatic nitrogens is 3. The number of thiazole rings is 1. The zero-order valence-electron chi connectivity index (χ0n) is 17.7. The molecule has 5 rings (SSSR count). The predicted molar refractivity (Wildman–Crippen MR) is 128 cm³/mol. The Kier molecular flexibility index (Phi) is 5.73. The van der Waals surface area contributed by atoms with E-state index in [0.29, 0.717) is 24.6 Å². The Bertz CT molecular complexity index is 1200. The van der Waals surface area contributed by atoms with Crippen LogP contribution in [-0.4, -0.2) is 43.9 Å². The number of benzene rings is 2. The molecule has 1 fully saturated rings. The minimum atomic E-state index is -0.520. The van der Waals surface area contributed by atoms with E-state index in [2.05, 4.69) is 16.7 Å². The summed E-state index contributed by atoms with van der Waals surface area (Å²) in [6, 6.07) is 17.9. The number of rotatable bonds is 6. The van der Waals surface area contributed by atoms with E-state index in [1.54, 1.807) is 11.3 Å². The van der Waals surface area contributed by atoms with Crippen molar-refractivity contribution in [1.29, 1.82) is 0 Å². The average Bonchev–Trinajstić information content (AvgIpc) is 3.36. The normalized spacial score (nSPS) is 20.5. The highest BCUT2D eigenvalue weighted by molar-refractivity contribution is 7.21. The van der Waals surface area contributed by atoms with Crippen molar-refractivity contribution in [3.63, 3.8) is 0 Å². The molecule has 1 aliphatic carbocycles. The Morgan fingerprint density at radius 2 is 1.78 bits per heavy atom. The van der Waals surface area contributed by atoms with Crippen LogP contribution in [0.2, 0.25) is 0 Å². The molecule has 3 atom stereocenters. The molecular weight excluding hydrogens is 422 g/mol. The first-order valence-corrected chi connectivity index (χ1v) is 11.5. The summed E-state index contributed by atoms with van der Waals surface area (Å²) >= 11 is 1.61. The van der Waals surface area contributed by atoms with Crippen molar-refractivity contribution >= 4 is 39.0 Å². The van der Waals surface area contributed by atoms with Crippen LogP contribution < -0.4 is 10.6 Å². The summed E-state index contributed by atoms with van der Waals surface area (Å²) in [7, 11) is 0. The fourth-order valence-electron chi connectivity index (χ4n) is 4.23. The molecule has 0 aliphatic heterocycles. The largest absolute Gasteiger partial charge is 0.396 e. The van der Waals surface area contributed by atoms with Gasteiger partial charge in [0.25, 0.3) is 0 Å². The van der Waals surface area contributed by atoms with Gasteiger partial charge in [0.1, 0.15) is 10.8 Å². The van der Waals surface area contributed by atoms with Crippen LogP contribution in [0, 0.1) is 12.8 Å². The molecule has 1 saturated carbocycles. The number of aliphatic hydroxyl groups is 2. The molecule has 0 amide bonds. The van der Waals surface area contributed by atoms with Gasteiger partial charge in [-0.15, -0.1) is 11.3 Å². The summed E-state index contributed by atoms with van der Waals surface area (Å²) in [5.41, 5.74) is 3.53. The summed E-state index contributed by atoms with van der Waals surface area (Å²) in [6.07, 6.45) is 0.726. The fraction of sp³-hybridized carbons (Fsp3) is 0.292. The Labute approximate surface area is 190 Å². The molecule has 0 radical (unpaired) electrons. The van der Waals surface area contributed by atoms with Crippen LogP contribution in [0.15, 0.2) is 54.6 Å². The van der Waals surface area contributed by atoms with Crippen molar-refractivity contribution in [1.82, 2.24) is 15.0 Å². The van der Waals surface area contributed by atoms with Gasteiger partial charge in [-0.05, 0) is 44.0 Å². The molecule has 0 saturated heterocycles. The fourth-order valence-corrected chi connectivity index (χ4v) is 5.29. The second kappa shape index (κ2) is 8.82. The van der Waals surface area contributed by atoms with Crippen LogP contribution >= 0.6 is 11.3 Å². The van der Waals surface area contributed by atoms with Crippen molar-refractivity contribution in [2.75, 3.05) is 17.2 Å². The second-order valence-electron chi connectivity index (χ2n) is 8.16. The number of hydrogen-bond acceptors (Lipinski definition) is 8. The first-order chi connectivity index (χ1) is 15.6. The lowest BCUT2D eigenvalue weighted by atomic mass is 10.1. The van der Waals surface area contributed by atoms with Gasteiger partial charge < -0.3 is 20.8 Å². The minimum absolute atomic E-state index is 0.00848. The number of nitrogens with one attached hydrogen (secondary N) is 2. The summed E-state index contributed by atoms with van der Waals surface area (Å²) in [5.74, 6) is 1.06. The van der Waals surface area contributed by atoms with E-state index in [4.69, 9.17) is 15.0 Å². The highest BCUT2D eigenvalue weighted by Gasteiger charge is 2.33. The molecule has 0 unspecified atom stereocenters. The minimum Gasteiger partial charge on any atom is -0.396 e. The molecule has 2 aromatic heterocycles. The zero-order valence-corrected chi connectivity index (χ0v) is 18.5. The maximum Gasteiger partial charge on any atom is 0.229 e. The monoisotopic (exact) mass is 447 g/mol. The highest BCUT2D eigenvalue weighted by Crippen LogP contribution is 2.38. The highest BCUT2D eigenvalue weighted by atomic mass is 32.1. The third-order valence-corrected chi connectivity index (χ3v) is 6.91. The molecule has 4 aromatic rings. The number of hydrogen-bond donors (Lipinski definition) is 4. The molecule has 32 heavy (non-hydrogen) atoms. The number of anilines is 3. The van der Waals surface area contributed by atoms with E-state index >= 15 is 0 Å². The van der Waals surface area contributed by atoms with E-state index in [-0.39, 0.29) is 18.6 Å². The molecule has 7 nitrogen and oxygen atoms in total. The molecule has 2 aromatic carbocycles. The zero-order chi connectivity index (χ0) is 22.1. The molecule has 0 bridgehead atoms. The number of para-hydroxylation sites is 2. The van der Waals surface area contributed by atoms with Crippen LogP contribution in [0.4, 0.5) is 17.5 Å². The van der Waals surface area contributed by atoms with Gasteiger partial charge in [0.2, 0.25) is 5.95 Å². The van der Waals surface area contributed by atoms with Gasteiger partial charge in [-0.2, -0.15) is 4.98 Å². The lowest BCUT2D eigenvalue weighted by molar-refractivity contribution is 0.0908. The first kappa shape index (κ1) is 20.8. The third-order valence-electron chi connectivity index (χ3n) is 5.86. The van der Waals surface area contributed by atoms with Crippen LogP contribution in [0.3, 0.4) is 0 Å². The van der Waals surface area contributed by atoms with Crippen LogP contribution in [0.1, 0.15) is 18.5 Å². The summed E-state index contributed by atoms with van der Waals surface area (Å²) in [6.45, 7) is 1.94. The van der Waals surface area contributed by atoms with E-state index in [1.165, 1.54) is 0 Å². The Morgan fingerprint density at radius 1 is 1.00 bits per heavy atom. The van der Waals surface area contributed by atoms with Crippen molar-refractivity contribution in [3.8, 4) is 10.6 Å². The molecule has 164 valence electrons. The predicted octanol–water partition coefficient (Wildman–Crippen LogP) is 4.35. The molecule has 2 heterocycles. The third kappa shape index (κ3) is 4.17. The average molecular weight is 448 g/mol.